The SMILES string of the molecule is CCn1cc(Oc2ccc(CNC)c(C)c2)cn1. The Bertz CT molecular complexity index is 520. The van der Waals surface area contributed by atoms with Crippen molar-refractivity contribution in [2.75, 3.05) is 7.05 Å². The zero-order valence-electron chi connectivity index (χ0n) is 11.1. The minimum atomic E-state index is 0.776. The van der Waals surface area contributed by atoms with Crippen LogP contribution in [0.15, 0.2) is 30.6 Å². The zero-order valence-corrected chi connectivity index (χ0v) is 11.1. The summed E-state index contributed by atoms with van der Waals surface area (Å²) in [5.74, 6) is 1.63. The Morgan fingerprint density at radius 3 is 2.78 bits per heavy atom. The molecule has 0 unspecified atom stereocenters. The number of ether oxygens (including phenoxy) is 1. The molecule has 0 spiro atoms. The molecule has 96 valence electrons. The average molecular weight is 245 g/mol. The van der Waals surface area contributed by atoms with Crippen molar-refractivity contribution in [1.82, 2.24) is 15.1 Å². The molecule has 0 radical (unpaired) electrons. The van der Waals surface area contributed by atoms with Crippen LogP contribution < -0.4 is 10.1 Å². The summed E-state index contributed by atoms with van der Waals surface area (Å²) in [5.41, 5.74) is 2.51. The molecule has 1 heterocycles. The molecule has 0 fully saturated rings. The van der Waals surface area contributed by atoms with E-state index in [-0.39, 0.29) is 0 Å². The molecule has 2 rings (SSSR count). The normalized spacial score (nSPS) is 10.6. The van der Waals surface area contributed by atoms with Crippen molar-refractivity contribution in [3.05, 3.63) is 41.7 Å². The monoisotopic (exact) mass is 245 g/mol. The first-order valence-corrected chi connectivity index (χ1v) is 6.17. The molecular formula is C14H19N3O. The Morgan fingerprint density at radius 1 is 1.33 bits per heavy atom. The molecule has 0 atom stereocenters. The number of aryl methyl sites for hydroxylation is 2. The standard InChI is InChI=1S/C14H19N3O/c1-4-17-10-14(9-16-17)18-13-6-5-12(8-15-3)11(2)7-13/h5-7,9-10,15H,4,8H2,1-3H3. The molecule has 0 aliphatic carbocycles. The fraction of sp³-hybridized carbons (Fsp3) is 0.357. The number of benzene rings is 1. The van der Waals surface area contributed by atoms with E-state index in [0.29, 0.717) is 0 Å². The summed E-state index contributed by atoms with van der Waals surface area (Å²) >= 11 is 0. The summed E-state index contributed by atoms with van der Waals surface area (Å²) in [5, 5.41) is 7.33. The number of hydrogen-bond acceptors (Lipinski definition) is 3. The molecule has 4 heteroatoms. The van der Waals surface area contributed by atoms with Crippen LogP contribution in [0.25, 0.3) is 0 Å². The Kier molecular flexibility index (Phi) is 3.99. The van der Waals surface area contributed by atoms with Gasteiger partial charge in [-0.2, -0.15) is 5.10 Å². The maximum Gasteiger partial charge on any atom is 0.165 e. The van der Waals surface area contributed by atoms with Gasteiger partial charge >= 0.3 is 0 Å². The van der Waals surface area contributed by atoms with Crippen molar-refractivity contribution in [2.24, 2.45) is 0 Å². The first-order valence-electron chi connectivity index (χ1n) is 6.17. The number of nitrogens with zero attached hydrogens (tertiary/aromatic N) is 2. The summed E-state index contributed by atoms with van der Waals surface area (Å²) in [7, 11) is 1.95. The fourth-order valence-electron chi connectivity index (χ4n) is 1.83. The van der Waals surface area contributed by atoms with Gasteiger partial charge in [0, 0.05) is 13.1 Å². The Morgan fingerprint density at radius 2 is 2.17 bits per heavy atom. The lowest BCUT2D eigenvalue weighted by Gasteiger charge is -2.08. The van der Waals surface area contributed by atoms with Crippen molar-refractivity contribution in [3.63, 3.8) is 0 Å². The molecule has 0 saturated heterocycles. The summed E-state index contributed by atoms with van der Waals surface area (Å²) in [4.78, 5) is 0. The van der Waals surface area contributed by atoms with Gasteiger partial charge in [-0.05, 0) is 44.2 Å². The van der Waals surface area contributed by atoms with E-state index >= 15 is 0 Å². The van der Waals surface area contributed by atoms with Gasteiger partial charge in [0.25, 0.3) is 0 Å². The smallest absolute Gasteiger partial charge is 0.165 e. The van der Waals surface area contributed by atoms with E-state index in [1.54, 1.807) is 6.20 Å². The van der Waals surface area contributed by atoms with Gasteiger partial charge in [0.2, 0.25) is 0 Å². The second-order valence-corrected chi connectivity index (χ2v) is 4.25. The van der Waals surface area contributed by atoms with E-state index in [1.807, 2.05) is 30.9 Å². The van der Waals surface area contributed by atoms with Gasteiger partial charge in [-0.1, -0.05) is 6.07 Å². The van der Waals surface area contributed by atoms with Crippen LogP contribution in [0.2, 0.25) is 0 Å². The van der Waals surface area contributed by atoms with Crippen molar-refractivity contribution in [3.8, 4) is 11.5 Å². The summed E-state index contributed by atoms with van der Waals surface area (Å²) < 4.78 is 7.62. The van der Waals surface area contributed by atoms with Gasteiger partial charge in [0.05, 0.1) is 12.4 Å². The summed E-state index contributed by atoms with van der Waals surface area (Å²) in [6.07, 6.45) is 3.64. The van der Waals surface area contributed by atoms with Crippen molar-refractivity contribution in [1.29, 1.82) is 0 Å². The van der Waals surface area contributed by atoms with Gasteiger partial charge in [-0.3, -0.25) is 4.68 Å². The highest BCUT2D eigenvalue weighted by atomic mass is 16.5. The highest BCUT2D eigenvalue weighted by molar-refractivity contribution is 5.37. The van der Waals surface area contributed by atoms with Crippen LogP contribution in [0.4, 0.5) is 0 Å². The largest absolute Gasteiger partial charge is 0.454 e. The van der Waals surface area contributed by atoms with Crippen LogP contribution in [0.5, 0.6) is 11.5 Å². The Hall–Kier alpha value is -1.81. The van der Waals surface area contributed by atoms with Gasteiger partial charge in [-0.15, -0.1) is 0 Å². The second-order valence-electron chi connectivity index (χ2n) is 4.25. The molecule has 0 saturated carbocycles. The highest BCUT2D eigenvalue weighted by Crippen LogP contribution is 2.23. The second kappa shape index (κ2) is 5.69. The molecule has 1 N–H and O–H groups in total. The predicted octanol–water partition coefficient (Wildman–Crippen LogP) is 2.72. The molecule has 0 aliphatic heterocycles. The minimum Gasteiger partial charge on any atom is -0.454 e. The third kappa shape index (κ3) is 2.90. The first-order chi connectivity index (χ1) is 8.72. The van der Waals surface area contributed by atoms with E-state index in [4.69, 9.17) is 4.74 Å². The minimum absolute atomic E-state index is 0.776. The van der Waals surface area contributed by atoms with E-state index < -0.39 is 0 Å². The summed E-state index contributed by atoms with van der Waals surface area (Å²) in [6.45, 7) is 5.87. The molecule has 1 aromatic carbocycles. The average Bonchev–Trinajstić information content (AvgIpc) is 2.80. The molecule has 0 bridgehead atoms. The number of aromatic nitrogens is 2. The van der Waals surface area contributed by atoms with Crippen molar-refractivity contribution in [2.45, 2.75) is 26.9 Å². The topological polar surface area (TPSA) is 39.1 Å². The lowest BCUT2D eigenvalue weighted by molar-refractivity contribution is 0.480. The van der Waals surface area contributed by atoms with Crippen LogP contribution >= 0.6 is 0 Å². The van der Waals surface area contributed by atoms with Crippen LogP contribution in [0, 0.1) is 6.92 Å². The van der Waals surface area contributed by atoms with E-state index in [1.165, 1.54) is 11.1 Å². The van der Waals surface area contributed by atoms with Crippen LogP contribution in [-0.2, 0) is 13.1 Å². The molecular weight excluding hydrogens is 226 g/mol. The number of hydrogen-bond donors (Lipinski definition) is 1. The number of nitrogens with one attached hydrogen (secondary N) is 1. The predicted molar refractivity (Wildman–Crippen MR) is 71.9 cm³/mol. The van der Waals surface area contributed by atoms with E-state index in [0.717, 1.165) is 24.6 Å². The molecule has 2 aromatic rings. The fourth-order valence-corrected chi connectivity index (χ4v) is 1.83. The van der Waals surface area contributed by atoms with Crippen molar-refractivity contribution >= 4 is 0 Å². The lowest BCUT2D eigenvalue weighted by atomic mass is 10.1. The van der Waals surface area contributed by atoms with Gasteiger partial charge < -0.3 is 10.1 Å². The summed E-state index contributed by atoms with van der Waals surface area (Å²) in [6, 6.07) is 6.13. The molecule has 1 aromatic heterocycles. The van der Waals surface area contributed by atoms with Gasteiger partial charge in [0.15, 0.2) is 5.75 Å². The third-order valence-corrected chi connectivity index (χ3v) is 2.85. The third-order valence-electron chi connectivity index (χ3n) is 2.85. The van der Waals surface area contributed by atoms with E-state index in [9.17, 15) is 0 Å². The zero-order chi connectivity index (χ0) is 13.0. The maximum absolute atomic E-state index is 5.77. The van der Waals surface area contributed by atoms with Gasteiger partial charge in [-0.25, -0.2) is 0 Å². The van der Waals surface area contributed by atoms with E-state index in [2.05, 4.69) is 29.5 Å². The van der Waals surface area contributed by atoms with Crippen LogP contribution in [0.3, 0.4) is 0 Å². The van der Waals surface area contributed by atoms with Crippen molar-refractivity contribution < 1.29 is 4.74 Å². The van der Waals surface area contributed by atoms with Crippen LogP contribution in [0.1, 0.15) is 18.1 Å². The van der Waals surface area contributed by atoms with Gasteiger partial charge in [0.1, 0.15) is 5.75 Å². The Balaban J connectivity index is 2.12. The van der Waals surface area contributed by atoms with Crippen LogP contribution in [-0.4, -0.2) is 16.8 Å². The Labute approximate surface area is 108 Å². The molecule has 18 heavy (non-hydrogen) atoms. The highest BCUT2D eigenvalue weighted by Gasteiger charge is 2.03. The molecule has 0 amide bonds. The quantitative estimate of drug-likeness (QED) is 0.880. The molecule has 0 aliphatic rings. The lowest BCUT2D eigenvalue weighted by Crippen LogP contribution is -2.06. The number of rotatable bonds is 5. The first kappa shape index (κ1) is 12.6. The molecule has 4 nitrogen and oxygen atoms in total. The maximum atomic E-state index is 5.77.